The van der Waals surface area contributed by atoms with Gasteiger partial charge in [-0.3, -0.25) is 14.5 Å². The summed E-state index contributed by atoms with van der Waals surface area (Å²) >= 11 is 6.61. The second-order valence-electron chi connectivity index (χ2n) is 8.29. The summed E-state index contributed by atoms with van der Waals surface area (Å²) in [4.78, 5) is 30.5. The van der Waals surface area contributed by atoms with E-state index in [0.717, 1.165) is 34.5 Å². The molecule has 0 aliphatic carbocycles. The minimum atomic E-state index is -0.688. The van der Waals surface area contributed by atoms with Gasteiger partial charge in [0.05, 0.1) is 5.02 Å². The zero-order valence-corrected chi connectivity index (χ0v) is 18.4. The van der Waals surface area contributed by atoms with Crippen LogP contribution in [-0.2, 0) is 24.3 Å². The van der Waals surface area contributed by atoms with E-state index in [0.29, 0.717) is 30.4 Å². The van der Waals surface area contributed by atoms with Gasteiger partial charge in [-0.25, -0.2) is 4.39 Å². The maximum atomic E-state index is 13.7. The molecule has 9 heteroatoms. The average Bonchev–Trinajstić information content (AvgIpc) is 3.08. The van der Waals surface area contributed by atoms with Gasteiger partial charge in [-0.1, -0.05) is 11.6 Å². The summed E-state index contributed by atoms with van der Waals surface area (Å²) in [6, 6.07) is 11.2. The number of pyridine rings is 1. The number of benzene rings is 2. The molecule has 7 nitrogen and oxygen atoms in total. The number of hydrogen-bond acceptors (Lipinski definition) is 5. The Kier molecular flexibility index (Phi) is 5.55. The number of hydrogen-bond donors (Lipinski definition) is 2. The van der Waals surface area contributed by atoms with Crippen LogP contribution in [0.2, 0.25) is 5.02 Å². The number of nitrogens with one attached hydrogen (secondary N) is 1. The van der Waals surface area contributed by atoms with Gasteiger partial charge in [0.2, 0.25) is 11.5 Å². The van der Waals surface area contributed by atoms with Crippen molar-refractivity contribution >= 4 is 28.9 Å². The lowest BCUT2D eigenvalue weighted by molar-refractivity contribution is -0.124. The quantitative estimate of drug-likeness (QED) is 0.614. The van der Waals surface area contributed by atoms with E-state index >= 15 is 0 Å². The number of carbonyl (C=O) groups excluding carboxylic acids is 1. The first-order chi connectivity index (χ1) is 15.9. The van der Waals surface area contributed by atoms with E-state index in [2.05, 4.69) is 9.88 Å². The van der Waals surface area contributed by atoms with Crippen molar-refractivity contribution in [3.05, 3.63) is 86.5 Å². The zero-order valence-electron chi connectivity index (χ0n) is 17.7. The number of fused-ring (bicyclic) bond motifs is 2. The maximum absolute atomic E-state index is 13.7. The standard InChI is InChI=1S/C24H22ClFN4O3/c25-19-10-18(30-6-4-15-8-17(26)1-2-20(15)30)9-16-12-29(11-14-3-5-28-22(31)7-14)21(24(27)32)13-33-23(16)19/h1-3,5,7-10,21H,4,6,11-13H2,(H2,27,32)(H,28,31). The number of halogens is 2. The molecule has 1 amide bonds. The molecule has 33 heavy (non-hydrogen) atoms. The van der Waals surface area contributed by atoms with Crippen molar-refractivity contribution in [1.29, 1.82) is 0 Å². The van der Waals surface area contributed by atoms with Crippen LogP contribution in [-0.4, -0.2) is 35.0 Å². The van der Waals surface area contributed by atoms with Crippen molar-refractivity contribution in [2.45, 2.75) is 25.6 Å². The molecule has 2 aliphatic rings. The monoisotopic (exact) mass is 468 g/mol. The fourth-order valence-corrected chi connectivity index (χ4v) is 4.84. The molecule has 0 saturated heterocycles. The normalized spacial score (nSPS) is 17.8. The molecule has 170 valence electrons. The number of aromatic amines is 1. The molecule has 1 aromatic heterocycles. The number of aromatic nitrogens is 1. The van der Waals surface area contributed by atoms with Crippen molar-refractivity contribution in [2.24, 2.45) is 5.73 Å². The number of H-pyrrole nitrogens is 1. The summed E-state index contributed by atoms with van der Waals surface area (Å²) in [6.07, 6.45) is 2.30. The molecule has 3 aromatic rings. The molecular weight excluding hydrogens is 447 g/mol. The van der Waals surface area contributed by atoms with Crippen LogP contribution in [0.25, 0.3) is 0 Å². The summed E-state index contributed by atoms with van der Waals surface area (Å²) in [7, 11) is 0. The van der Waals surface area contributed by atoms with Crippen molar-refractivity contribution in [1.82, 2.24) is 9.88 Å². The summed E-state index contributed by atoms with van der Waals surface area (Å²) in [6.45, 7) is 1.45. The first-order valence-corrected chi connectivity index (χ1v) is 11.0. The van der Waals surface area contributed by atoms with Gasteiger partial charge in [-0.2, -0.15) is 0 Å². The topological polar surface area (TPSA) is 91.7 Å². The summed E-state index contributed by atoms with van der Waals surface area (Å²) < 4.78 is 19.6. The molecule has 2 aromatic carbocycles. The fourth-order valence-electron chi connectivity index (χ4n) is 4.55. The van der Waals surface area contributed by atoms with E-state index in [1.165, 1.54) is 12.1 Å². The van der Waals surface area contributed by atoms with Gasteiger partial charge in [-0.15, -0.1) is 0 Å². The second-order valence-corrected chi connectivity index (χ2v) is 8.69. The lowest BCUT2D eigenvalue weighted by Gasteiger charge is -2.27. The van der Waals surface area contributed by atoms with Crippen molar-refractivity contribution in [2.75, 3.05) is 18.1 Å². The summed E-state index contributed by atoms with van der Waals surface area (Å²) in [5.41, 5.74) is 9.77. The summed E-state index contributed by atoms with van der Waals surface area (Å²) in [5.74, 6) is -0.255. The van der Waals surface area contributed by atoms with E-state index in [1.54, 1.807) is 24.4 Å². The van der Waals surface area contributed by atoms with Gasteiger partial charge in [0.25, 0.3) is 0 Å². The molecule has 3 N–H and O–H groups in total. The van der Waals surface area contributed by atoms with Crippen LogP contribution >= 0.6 is 11.6 Å². The molecule has 2 aliphatic heterocycles. The zero-order chi connectivity index (χ0) is 23.1. The van der Waals surface area contributed by atoms with Gasteiger partial charge in [-0.05, 0) is 53.9 Å². The Morgan fingerprint density at radius 2 is 2.06 bits per heavy atom. The number of anilines is 2. The van der Waals surface area contributed by atoms with Gasteiger partial charge < -0.3 is 20.4 Å². The van der Waals surface area contributed by atoms with Gasteiger partial charge in [0.1, 0.15) is 24.2 Å². The molecule has 0 spiro atoms. The third-order valence-corrected chi connectivity index (χ3v) is 6.39. The predicted octanol–water partition coefficient (Wildman–Crippen LogP) is 3.11. The number of rotatable bonds is 4. The second kappa shape index (κ2) is 8.53. The Morgan fingerprint density at radius 1 is 1.21 bits per heavy atom. The van der Waals surface area contributed by atoms with Crippen LogP contribution in [0.1, 0.15) is 16.7 Å². The average molecular weight is 469 g/mol. The Morgan fingerprint density at radius 3 is 2.85 bits per heavy atom. The van der Waals surface area contributed by atoms with Gasteiger partial charge in [0.15, 0.2) is 0 Å². The highest BCUT2D eigenvalue weighted by atomic mass is 35.5. The molecular formula is C24H22ClFN4O3. The highest BCUT2D eigenvalue weighted by Crippen LogP contribution is 2.41. The third kappa shape index (κ3) is 4.19. The van der Waals surface area contributed by atoms with E-state index in [4.69, 9.17) is 22.1 Å². The van der Waals surface area contributed by atoms with Crippen LogP contribution in [0.3, 0.4) is 0 Å². The van der Waals surface area contributed by atoms with Crippen molar-refractivity contribution < 1.29 is 13.9 Å². The van der Waals surface area contributed by atoms with Crippen LogP contribution in [0, 0.1) is 5.82 Å². The predicted molar refractivity (Wildman–Crippen MR) is 123 cm³/mol. The number of nitrogens with two attached hydrogens (primary N) is 1. The molecule has 0 saturated carbocycles. The number of amides is 1. The Bertz CT molecular complexity index is 1290. The number of nitrogens with zero attached hydrogens (tertiary/aromatic N) is 2. The van der Waals surface area contributed by atoms with E-state index < -0.39 is 11.9 Å². The molecule has 0 fully saturated rings. The SMILES string of the molecule is NC(=O)C1COc2c(Cl)cc(N3CCc4cc(F)ccc43)cc2CN1Cc1cc[nH]c(=O)c1. The molecule has 0 radical (unpaired) electrons. The van der Waals surface area contributed by atoms with Crippen LogP contribution in [0.15, 0.2) is 53.5 Å². The lowest BCUT2D eigenvalue weighted by atomic mass is 10.1. The Balaban J connectivity index is 1.51. The van der Waals surface area contributed by atoms with Crippen LogP contribution in [0.4, 0.5) is 15.8 Å². The highest BCUT2D eigenvalue weighted by Gasteiger charge is 2.31. The van der Waals surface area contributed by atoms with Crippen LogP contribution < -0.4 is 20.9 Å². The number of ether oxygens (including phenoxy) is 1. The van der Waals surface area contributed by atoms with E-state index in [1.807, 2.05) is 17.0 Å². The van der Waals surface area contributed by atoms with E-state index in [9.17, 15) is 14.0 Å². The largest absolute Gasteiger partial charge is 0.489 e. The van der Waals surface area contributed by atoms with Gasteiger partial charge in [0, 0.05) is 48.8 Å². The smallest absolute Gasteiger partial charge is 0.248 e. The molecule has 5 rings (SSSR count). The fraction of sp³-hybridized carbons (Fsp3) is 0.250. The Labute approximate surface area is 194 Å². The van der Waals surface area contributed by atoms with Gasteiger partial charge >= 0.3 is 0 Å². The van der Waals surface area contributed by atoms with Crippen LogP contribution in [0.5, 0.6) is 5.75 Å². The third-order valence-electron chi connectivity index (χ3n) is 6.11. The minimum Gasteiger partial charge on any atom is -0.489 e. The number of carbonyl (C=O) groups is 1. The lowest BCUT2D eigenvalue weighted by Crippen LogP contribution is -2.46. The molecule has 1 unspecified atom stereocenters. The Hall–Kier alpha value is -3.36. The van der Waals surface area contributed by atoms with E-state index in [-0.39, 0.29) is 18.0 Å². The van der Waals surface area contributed by atoms with Crippen molar-refractivity contribution in [3.8, 4) is 5.75 Å². The molecule has 3 heterocycles. The van der Waals surface area contributed by atoms with Crippen molar-refractivity contribution in [3.63, 3.8) is 0 Å². The summed E-state index contributed by atoms with van der Waals surface area (Å²) in [5, 5.41) is 0.430. The maximum Gasteiger partial charge on any atom is 0.248 e. The first kappa shape index (κ1) is 21.5. The first-order valence-electron chi connectivity index (χ1n) is 10.6. The number of primary amides is 1. The highest BCUT2D eigenvalue weighted by molar-refractivity contribution is 6.32. The molecule has 0 bridgehead atoms. The minimum absolute atomic E-state index is 0.0520. The molecule has 1 atom stereocenters.